The molecule has 1 heterocycles. The lowest BCUT2D eigenvalue weighted by molar-refractivity contribution is 0.0472. The molecule has 0 aliphatic heterocycles. The van der Waals surface area contributed by atoms with E-state index in [1.165, 1.54) is 11.0 Å². The molecule has 0 bridgehead atoms. The molecule has 0 aliphatic carbocycles. The SMILES string of the molecule is O=C(OCc1ccccc1)c1cccc(NC(=O)c2ccccc2-n2cnnn2)c1. The van der Waals surface area contributed by atoms with E-state index >= 15 is 0 Å². The summed E-state index contributed by atoms with van der Waals surface area (Å²) >= 11 is 0. The van der Waals surface area contributed by atoms with E-state index in [0.717, 1.165) is 5.56 Å². The van der Waals surface area contributed by atoms with Crippen molar-refractivity contribution >= 4 is 17.6 Å². The maximum absolute atomic E-state index is 12.8. The average molecular weight is 399 g/mol. The van der Waals surface area contributed by atoms with E-state index in [0.29, 0.717) is 22.5 Å². The van der Waals surface area contributed by atoms with Crippen molar-refractivity contribution in [2.45, 2.75) is 6.61 Å². The van der Waals surface area contributed by atoms with E-state index in [-0.39, 0.29) is 12.5 Å². The van der Waals surface area contributed by atoms with E-state index < -0.39 is 5.97 Å². The number of rotatable bonds is 6. The van der Waals surface area contributed by atoms with Gasteiger partial charge >= 0.3 is 5.97 Å². The number of benzene rings is 3. The summed E-state index contributed by atoms with van der Waals surface area (Å²) in [6, 6.07) is 23.0. The monoisotopic (exact) mass is 399 g/mol. The van der Waals surface area contributed by atoms with Crippen molar-refractivity contribution in [3.8, 4) is 5.69 Å². The molecular weight excluding hydrogens is 382 g/mol. The van der Waals surface area contributed by atoms with Crippen LogP contribution in [0.4, 0.5) is 5.69 Å². The van der Waals surface area contributed by atoms with Gasteiger partial charge in [0.2, 0.25) is 0 Å². The van der Waals surface area contributed by atoms with Crippen LogP contribution in [0.2, 0.25) is 0 Å². The first-order valence-electron chi connectivity index (χ1n) is 9.15. The van der Waals surface area contributed by atoms with Crippen LogP contribution < -0.4 is 5.32 Å². The number of para-hydroxylation sites is 1. The Morgan fingerprint density at radius 3 is 2.53 bits per heavy atom. The Balaban J connectivity index is 1.47. The molecule has 0 radical (unpaired) electrons. The molecule has 4 aromatic rings. The van der Waals surface area contributed by atoms with E-state index in [4.69, 9.17) is 4.74 Å². The van der Waals surface area contributed by atoms with Gasteiger partial charge in [0, 0.05) is 5.69 Å². The molecule has 148 valence electrons. The van der Waals surface area contributed by atoms with Crippen LogP contribution in [0.15, 0.2) is 85.2 Å². The van der Waals surface area contributed by atoms with Gasteiger partial charge in [0.1, 0.15) is 12.9 Å². The topological polar surface area (TPSA) is 99.0 Å². The number of carbonyl (C=O) groups excluding carboxylic acids is 2. The number of ether oxygens (including phenoxy) is 1. The summed E-state index contributed by atoms with van der Waals surface area (Å²) in [5.74, 6) is -0.819. The molecule has 0 unspecified atom stereocenters. The highest BCUT2D eigenvalue weighted by Crippen LogP contribution is 2.17. The lowest BCUT2D eigenvalue weighted by Crippen LogP contribution is -2.16. The van der Waals surface area contributed by atoms with Crippen LogP contribution in [0.1, 0.15) is 26.3 Å². The molecule has 30 heavy (non-hydrogen) atoms. The van der Waals surface area contributed by atoms with Crippen LogP contribution in [0.25, 0.3) is 5.69 Å². The number of hydrogen-bond acceptors (Lipinski definition) is 6. The largest absolute Gasteiger partial charge is 0.457 e. The van der Waals surface area contributed by atoms with Gasteiger partial charge < -0.3 is 10.1 Å². The highest BCUT2D eigenvalue weighted by molar-refractivity contribution is 6.07. The number of amides is 1. The summed E-state index contributed by atoms with van der Waals surface area (Å²) in [4.78, 5) is 25.2. The molecule has 0 saturated heterocycles. The molecule has 0 saturated carbocycles. The fraction of sp³-hybridized carbons (Fsp3) is 0.0455. The Kier molecular flexibility index (Phi) is 5.56. The van der Waals surface area contributed by atoms with Gasteiger partial charge in [-0.2, -0.15) is 4.68 Å². The summed E-state index contributed by atoms with van der Waals surface area (Å²) in [6.45, 7) is 0.176. The van der Waals surface area contributed by atoms with Gasteiger partial charge in [0.25, 0.3) is 5.91 Å². The molecule has 8 heteroatoms. The lowest BCUT2D eigenvalue weighted by Gasteiger charge is -2.10. The molecular formula is C22H17N5O3. The average Bonchev–Trinajstić information content (AvgIpc) is 3.33. The molecule has 1 aromatic heterocycles. The molecule has 3 aromatic carbocycles. The zero-order valence-electron chi connectivity index (χ0n) is 15.8. The van der Waals surface area contributed by atoms with Crippen molar-refractivity contribution in [1.29, 1.82) is 0 Å². The maximum atomic E-state index is 12.8. The summed E-state index contributed by atoms with van der Waals surface area (Å²) < 4.78 is 6.76. The highest BCUT2D eigenvalue weighted by atomic mass is 16.5. The Morgan fingerprint density at radius 2 is 1.73 bits per heavy atom. The smallest absolute Gasteiger partial charge is 0.338 e. The van der Waals surface area contributed by atoms with Crippen molar-refractivity contribution in [3.05, 3.63) is 102 Å². The highest BCUT2D eigenvalue weighted by Gasteiger charge is 2.15. The quantitative estimate of drug-likeness (QED) is 0.500. The van der Waals surface area contributed by atoms with E-state index in [2.05, 4.69) is 20.8 Å². The van der Waals surface area contributed by atoms with Gasteiger partial charge in [-0.3, -0.25) is 4.79 Å². The third-order valence-corrected chi connectivity index (χ3v) is 4.31. The van der Waals surface area contributed by atoms with Crippen LogP contribution in [0.3, 0.4) is 0 Å². The second kappa shape index (κ2) is 8.78. The molecule has 4 rings (SSSR count). The van der Waals surface area contributed by atoms with Crippen LogP contribution >= 0.6 is 0 Å². The number of hydrogen-bond donors (Lipinski definition) is 1. The number of anilines is 1. The minimum absolute atomic E-state index is 0.176. The molecule has 0 aliphatic rings. The van der Waals surface area contributed by atoms with Crippen molar-refractivity contribution < 1.29 is 14.3 Å². The maximum Gasteiger partial charge on any atom is 0.338 e. The Morgan fingerprint density at radius 1 is 0.933 bits per heavy atom. The van der Waals surface area contributed by atoms with Crippen LogP contribution in [-0.4, -0.2) is 32.1 Å². The van der Waals surface area contributed by atoms with E-state index in [9.17, 15) is 9.59 Å². The second-order valence-corrected chi connectivity index (χ2v) is 6.37. The summed E-state index contributed by atoms with van der Waals surface area (Å²) in [5, 5.41) is 13.8. The standard InChI is InChI=1S/C22H17N5O3/c28-21(19-11-4-5-12-20(19)27-15-23-25-26-27)24-18-10-6-9-17(13-18)22(29)30-14-16-7-2-1-3-8-16/h1-13,15H,14H2,(H,24,28). The number of esters is 1. The predicted molar refractivity (Wildman–Crippen MR) is 109 cm³/mol. The van der Waals surface area contributed by atoms with Crippen LogP contribution in [0, 0.1) is 0 Å². The lowest BCUT2D eigenvalue weighted by atomic mass is 10.1. The van der Waals surface area contributed by atoms with Crippen LogP contribution in [0.5, 0.6) is 0 Å². The van der Waals surface area contributed by atoms with E-state index in [1.54, 1.807) is 48.5 Å². The van der Waals surface area contributed by atoms with Crippen molar-refractivity contribution in [3.63, 3.8) is 0 Å². The zero-order valence-corrected chi connectivity index (χ0v) is 15.8. The van der Waals surface area contributed by atoms with Crippen molar-refractivity contribution in [2.75, 3.05) is 5.32 Å². The Bertz CT molecular complexity index is 1160. The second-order valence-electron chi connectivity index (χ2n) is 6.37. The number of nitrogens with one attached hydrogen (secondary N) is 1. The van der Waals surface area contributed by atoms with Gasteiger partial charge in [-0.05, 0) is 46.3 Å². The first-order valence-corrected chi connectivity index (χ1v) is 9.15. The fourth-order valence-corrected chi connectivity index (χ4v) is 2.87. The zero-order chi connectivity index (χ0) is 20.8. The Hall–Kier alpha value is -4.33. The van der Waals surface area contributed by atoms with Crippen molar-refractivity contribution in [2.24, 2.45) is 0 Å². The van der Waals surface area contributed by atoms with Gasteiger partial charge in [0.05, 0.1) is 16.8 Å². The number of tetrazole rings is 1. The third-order valence-electron chi connectivity index (χ3n) is 4.31. The normalized spacial score (nSPS) is 10.4. The predicted octanol–water partition coefficient (Wildman–Crippen LogP) is 3.27. The first-order chi connectivity index (χ1) is 14.7. The minimum atomic E-state index is -0.468. The van der Waals surface area contributed by atoms with Crippen molar-refractivity contribution in [1.82, 2.24) is 20.2 Å². The number of aromatic nitrogens is 4. The summed E-state index contributed by atoms with van der Waals surface area (Å²) in [5.41, 5.74) is 2.65. The summed E-state index contributed by atoms with van der Waals surface area (Å²) in [7, 11) is 0. The third kappa shape index (κ3) is 4.39. The molecule has 0 fully saturated rings. The molecule has 8 nitrogen and oxygen atoms in total. The molecule has 1 N–H and O–H groups in total. The minimum Gasteiger partial charge on any atom is -0.457 e. The number of nitrogens with zero attached hydrogens (tertiary/aromatic N) is 4. The fourth-order valence-electron chi connectivity index (χ4n) is 2.87. The van der Waals surface area contributed by atoms with E-state index in [1.807, 2.05) is 30.3 Å². The van der Waals surface area contributed by atoms with Crippen LogP contribution in [-0.2, 0) is 11.3 Å². The molecule has 1 amide bonds. The van der Waals surface area contributed by atoms with Gasteiger partial charge in [-0.15, -0.1) is 5.10 Å². The van der Waals surface area contributed by atoms with Gasteiger partial charge in [0.15, 0.2) is 0 Å². The summed E-state index contributed by atoms with van der Waals surface area (Å²) in [6.07, 6.45) is 1.41. The Labute approximate surface area is 172 Å². The number of carbonyl (C=O) groups is 2. The molecule has 0 atom stereocenters. The van der Waals surface area contributed by atoms with Gasteiger partial charge in [-0.1, -0.05) is 48.5 Å². The molecule has 0 spiro atoms. The van der Waals surface area contributed by atoms with Gasteiger partial charge in [-0.25, -0.2) is 4.79 Å². The first kappa shape index (κ1) is 19.0.